The van der Waals surface area contributed by atoms with Crippen LogP contribution in [-0.4, -0.2) is 14.7 Å². The first-order valence-corrected chi connectivity index (χ1v) is 8.14. The van der Waals surface area contributed by atoms with Gasteiger partial charge < -0.3 is 10.5 Å². The summed E-state index contributed by atoms with van der Waals surface area (Å²) in [5.74, 6) is 0.940. The van der Waals surface area contributed by atoms with Crippen molar-refractivity contribution in [2.24, 2.45) is 5.73 Å². The highest BCUT2D eigenvalue weighted by Gasteiger charge is 2.11. The van der Waals surface area contributed by atoms with Crippen molar-refractivity contribution >= 4 is 21.4 Å². The van der Waals surface area contributed by atoms with Gasteiger partial charge in [-0.3, -0.25) is 0 Å². The number of hydrogen-bond acceptors (Lipinski definition) is 4. The van der Waals surface area contributed by atoms with Crippen molar-refractivity contribution in [1.82, 2.24) is 0 Å². The third kappa shape index (κ3) is 3.30. The van der Waals surface area contributed by atoms with Crippen LogP contribution in [0.1, 0.15) is 5.56 Å². The Hall–Kier alpha value is -1.56. The van der Waals surface area contributed by atoms with Gasteiger partial charge in [0.15, 0.2) is 9.84 Å². The summed E-state index contributed by atoms with van der Waals surface area (Å²) in [6, 6.07) is 11.5. The molecule has 0 bridgehead atoms. The van der Waals surface area contributed by atoms with Gasteiger partial charge in [0.05, 0.1) is 4.90 Å². The highest BCUT2D eigenvalue weighted by Crippen LogP contribution is 2.30. The molecule has 0 fully saturated rings. The lowest BCUT2D eigenvalue weighted by Gasteiger charge is -2.11. The number of benzene rings is 2. The van der Waals surface area contributed by atoms with E-state index in [2.05, 4.69) is 0 Å². The zero-order valence-electron chi connectivity index (χ0n) is 10.8. The fourth-order valence-corrected chi connectivity index (χ4v) is 2.63. The van der Waals surface area contributed by atoms with E-state index >= 15 is 0 Å². The van der Waals surface area contributed by atoms with E-state index in [1.54, 1.807) is 30.3 Å². The number of halogens is 1. The van der Waals surface area contributed by atoms with E-state index in [0.29, 0.717) is 22.1 Å². The number of hydrogen-bond donors (Lipinski definition) is 1. The molecule has 20 heavy (non-hydrogen) atoms. The molecule has 0 radical (unpaired) electrons. The Morgan fingerprint density at radius 2 is 1.90 bits per heavy atom. The van der Waals surface area contributed by atoms with Gasteiger partial charge in [-0.15, -0.1) is 0 Å². The highest BCUT2D eigenvalue weighted by atomic mass is 35.5. The molecule has 4 nitrogen and oxygen atoms in total. The van der Waals surface area contributed by atoms with E-state index in [-0.39, 0.29) is 11.4 Å². The van der Waals surface area contributed by atoms with Crippen LogP contribution in [0.2, 0.25) is 5.02 Å². The molecule has 0 aliphatic carbocycles. The average molecular weight is 312 g/mol. The van der Waals surface area contributed by atoms with Crippen LogP contribution in [0, 0.1) is 0 Å². The van der Waals surface area contributed by atoms with E-state index in [1.165, 1.54) is 12.1 Å². The van der Waals surface area contributed by atoms with Crippen molar-refractivity contribution in [3.63, 3.8) is 0 Å². The van der Waals surface area contributed by atoms with Crippen molar-refractivity contribution in [2.75, 3.05) is 6.26 Å². The zero-order valence-corrected chi connectivity index (χ0v) is 12.4. The van der Waals surface area contributed by atoms with Gasteiger partial charge in [-0.05, 0) is 30.3 Å². The number of rotatable bonds is 4. The Morgan fingerprint density at radius 1 is 1.20 bits per heavy atom. The van der Waals surface area contributed by atoms with Crippen molar-refractivity contribution < 1.29 is 13.2 Å². The smallest absolute Gasteiger partial charge is 0.175 e. The summed E-state index contributed by atoms with van der Waals surface area (Å²) in [7, 11) is -3.27. The van der Waals surface area contributed by atoms with Crippen LogP contribution < -0.4 is 10.5 Å². The van der Waals surface area contributed by atoms with Crippen LogP contribution in [0.4, 0.5) is 0 Å². The zero-order chi connectivity index (χ0) is 14.8. The molecule has 106 valence electrons. The molecule has 6 heteroatoms. The molecule has 2 aromatic rings. The van der Waals surface area contributed by atoms with Crippen molar-refractivity contribution in [3.8, 4) is 11.5 Å². The van der Waals surface area contributed by atoms with Gasteiger partial charge >= 0.3 is 0 Å². The monoisotopic (exact) mass is 311 g/mol. The first-order valence-electron chi connectivity index (χ1n) is 5.87. The van der Waals surface area contributed by atoms with E-state index in [1.807, 2.05) is 0 Å². The molecule has 2 aromatic carbocycles. The second-order valence-electron chi connectivity index (χ2n) is 4.27. The molecular weight excluding hydrogens is 298 g/mol. The molecule has 0 aliphatic heterocycles. The summed E-state index contributed by atoms with van der Waals surface area (Å²) in [5, 5.41) is 0.518. The van der Waals surface area contributed by atoms with E-state index < -0.39 is 9.84 Å². The summed E-state index contributed by atoms with van der Waals surface area (Å²) < 4.78 is 28.7. The third-order valence-corrected chi connectivity index (χ3v) is 4.21. The van der Waals surface area contributed by atoms with E-state index in [0.717, 1.165) is 6.26 Å². The van der Waals surface area contributed by atoms with Gasteiger partial charge in [0, 0.05) is 23.4 Å². The van der Waals surface area contributed by atoms with Gasteiger partial charge in [0.25, 0.3) is 0 Å². The molecular formula is C14H14ClNO3S. The Labute approximate surface area is 123 Å². The van der Waals surface area contributed by atoms with Crippen LogP contribution in [0.5, 0.6) is 11.5 Å². The SMILES string of the molecule is CS(=O)(=O)c1cccc(Oc2cccc(Cl)c2CN)c1. The maximum absolute atomic E-state index is 11.5. The standard InChI is InChI=1S/C14H14ClNO3S/c1-20(17,18)11-5-2-4-10(8-11)19-14-7-3-6-13(15)12(14)9-16/h2-8H,9,16H2,1H3. The maximum Gasteiger partial charge on any atom is 0.175 e. The topological polar surface area (TPSA) is 69.4 Å². The van der Waals surface area contributed by atoms with Gasteiger partial charge in [-0.25, -0.2) is 8.42 Å². The highest BCUT2D eigenvalue weighted by molar-refractivity contribution is 7.90. The normalized spacial score (nSPS) is 11.3. The summed E-state index contributed by atoms with van der Waals surface area (Å²) in [5.41, 5.74) is 6.32. The Balaban J connectivity index is 2.38. The van der Waals surface area contributed by atoms with Gasteiger partial charge in [-0.1, -0.05) is 23.7 Å². The van der Waals surface area contributed by atoms with Crippen LogP contribution in [0.25, 0.3) is 0 Å². The second-order valence-corrected chi connectivity index (χ2v) is 6.69. The minimum atomic E-state index is -3.27. The lowest BCUT2D eigenvalue weighted by atomic mass is 10.2. The predicted octanol–water partition coefficient (Wildman–Crippen LogP) is 2.99. The Morgan fingerprint density at radius 3 is 2.55 bits per heavy atom. The fourth-order valence-electron chi connectivity index (χ4n) is 1.73. The quantitative estimate of drug-likeness (QED) is 0.942. The van der Waals surface area contributed by atoms with E-state index in [9.17, 15) is 8.42 Å². The summed E-state index contributed by atoms with van der Waals surface area (Å²) in [6.45, 7) is 0.237. The largest absolute Gasteiger partial charge is 0.457 e. The van der Waals surface area contributed by atoms with Crippen LogP contribution in [0.3, 0.4) is 0 Å². The number of nitrogens with two attached hydrogens (primary N) is 1. The number of sulfone groups is 1. The maximum atomic E-state index is 11.5. The average Bonchev–Trinajstić information content (AvgIpc) is 2.38. The molecule has 0 heterocycles. The van der Waals surface area contributed by atoms with Gasteiger partial charge in [0.1, 0.15) is 11.5 Å². The van der Waals surface area contributed by atoms with Crippen LogP contribution in [-0.2, 0) is 16.4 Å². The summed E-state index contributed by atoms with van der Waals surface area (Å²) in [4.78, 5) is 0.200. The Kier molecular flexibility index (Phi) is 4.32. The molecule has 0 unspecified atom stereocenters. The molecule has 0 saturated carbocycles. The van der Waals surface area contributed by atoms with Crippen LogP contribution >= 0.6 is 11.6 Å². The predicted molar refractivity (Wildman–Crippen MR) is 79.0 cm³/mol. The molecule has 0 spiro atoms. The number of ether oxygens (including phenoxy) is 1. The van der Waals surface area contributed by atoms with Crippen molar-refractivity contribution in [2.45, 2.75) is 11.4 Å². The third-order valence-electron chi connectivity index (χ3n) is 2.74. The fraction of sp³-hybridized carbons (Fsp3) is 0.143. The first-order chi connectivity index (χ1) is 9.41. The van der Waals surface area contributed by atoms with Gasteiger partial charge in [-0.2, -0.15) is 0 Å². The van der Waals surface area contributed by atoms with Gasteiger partial charge in [0.2, 0.25) is 0 Å². The lowest BCUT2D eigenvalue weighted by Crippen LogP contribution is -2.01. The molecule has 0 aliphatic rings. The first kappa shape index (κ1) is 14.8. The van der Waals surface area contributed by atoms with E-state index in [4.69, 9.17) is 22.1 Å². The van der Waals surface area contributed by atoms with Crippen molar-refractivity contribution in [3.05, 3.63) is 53.1 Å². The molecule has 0 amide bonds. The molecule has 0 saturated heterocycles. The molecule has 2 rings (SSSR count). The molecule has 0 atom stereocenters. The minimum Gasteiger partial charge on any atom is -0.457 e. The Bertz CT molecular complexity index is 729. The molecule has 2 N–H and O–H groups in total. The van der Waals surface area contributed by atoms with Crippen LogP contribution in [0.15, 0.2) is 47.4 Å². The lowest BCUT2D eigenvalue weighted by molar-refractivity contribution is 0.474. The summed E-state index contributed by atoms with van der Waals surface area (Å²) >= 11 is 6.04. The molecule has 0 aromatic heterocycles. The summed E-state index contributed by atoms with van der Waals surface area (Å²) in [6.07, 6.45) is 1.15. The van der Waals surface area contributed by atoms with Crippen molar-refractivity contribution in [1.29, 1.82) is 0 Å². The minimum absolute atomic E-state index is 0.200. The second kappa shape index (κ2) is 5.83.